The Morgan fingerprint density at radius 3 is 2.92 bits per heavy atom. The number of hydrogen-bond donors (Lipinski definition) is 2. The van der Waals surface area contributed by atoms with Crippen LogP contribution in [0.4, 0.5) is 4.39 Å². The average Bonchev–Trinajstić information content (AvgIpc) is 2.55. The molecule has 0 saturated carbocycles. The Labute approximate surface area is 176 Å². The second-order valence-corrected chi connectivity index (χ2v) is 6.77. The standard InChI is InChI=1S/C18H26ClFN4O.HI/c1-12(2)9-22-18(21)23-10-16(24-7-8-25-13(3)11-24)17-14(19)5-4-6-15(17)20;/h4-6,13,16H,1,7-11H2,2-3H3,(H3,21,22,23);1H. The second kappa shape index (κ2) is 11.1. The maximum Gasteiger partial charge on any atom is 0.188 e. The lowest BCUT2D eigenvalue weighted by atomic mass is 10.0. The van der Waals surface area contributed by atoms with E-state index >= 15 is 0 Å². The van der Waals surface area contributed by atoms with Crippen LogP contribution in [-0.2, 0) is 4.74 Å². The van der Waals surface area contributed by atoms with Gasteiger partial charge >= 0.3 is 0 Å². The van der Waals surface area contributed by atoms with Crippen LogP contribution in [0.3, 0.4) is 0 Å². The van der Waals surface area contributed by atoms with E-state index in [4.69, 9.17) is 22.1 Å². The van der Waals surface area contributed by atoms with Crippen molar-refractivity contribution in [2.24, 2.45) is 10.7 Å². The molecule has 1 aliphatic rings. The molecule has 8 heteroatoms. The van der Waals surface area contributed by atoms with Gasteiger partial charge in [0.1, 0.15) is 5.82 Å². The Hall–Kier alpha value is -0.900. The Morgan fingerprint density at radius 1 is 1.58 bits per heavy atom. The lowest BCUT2D eigenvalue weighted by molar-refractivity contribution is -0.0336. The van der Waals surface area contributed by atoms with Gasteiger partial charge in [-0.3, -0.25) is 9.89 Å². The number of guanidine groups is 1. The fourth-order valence-corrected chi connectivity index (χ4v) is 3.12. The number of nitrogens with one attached hydrogen (secondary N) is 1. The number of halogens is 3. The van der Waals surface area contributed by atoms with Crippen LogP contribution in [0.15, 0.2) is 35.3 Å². The molecule has 3 N–H and O–H groups in total. The fourth-order valence-electron chi connectivity index (χ4n) is 2.83. The molecule has 26 heavy (non-hydrogen) atoms. The average molecular weight is 497 g/mol. The van der Waals surface area contributed by atoms with Crippen LogP contribution >= 0.6 is 35.6 Å². The van der Waals surface area contributed by atoms with Crippen molar-refractivity contribution >= 4 is 41.5 Å². The van der Waals surface area contributed by atoms with E-state index < -0.39 is 0 Å². The van der Waals surface area contributed by atoms with Gasteiger partial charge in [-0.05, 0) is 26.0 Å². The van der Waals surface area contributed by atoms with Crippen molar-refractivity contribution in [3.63, 3.8) is 0 Å². The molecular weight excluding hydrogens is 470 g/mol. The van der Waals surface area contributed by atoms with Crippen molar-refractivity contribution in [1.82, 2.24) is 10.2 Å². The summed E-state index contributed by atoms with van der Waals surface area (Å²) in [7, 11) is 0. The molecule has 1 heterocycles. The SMILES string of the molecule is C=C(C)CNC(N)=NCC(c1c(F)cccc1Cl)N1CCOC(C)C1.I. The molecule has 2 unspecified atom stereocenters. The minimum absolute atomic E-state index is 0. The summed E-state index contributed by atoms with van der Waals surface area (Å²) in [6, 6.07) is 4.42. The lowest BCUT2D eigenvalue weighted by Gasteiger charge is -2.37. The molecule has 2 rings (SSSR count). The van der Waals surface area contributed by atoms with Gasteiger partial charge in [-0.1, -0.05) is 29.8 Å². The molecule has 1 aromatic carbocycles. The van der Waals surface area contributed by atoms with E-state index in [9.17, 15) is 4.39 Å². The van der Waals surface area contributed by atoms with E-state index in [0.29, 0.717) is 49.3 Å². The number of ether oxygens (including phenoxy) is 1. The van der Waals surface area contributed by atoms with Gasteiger partial charge in [-0.15, -0.1) is 24.0 Å². The summed E-state index contributed by atoms with van der Waals surface area (Å²) in [5, 5.41) is 3.38. The summed E-state index contributed by atoms with van der Waals surface area (Å²) in [4.78, 5) is 6.54. The highest BCUT2D eigenvalue weighted by Crippen LogP contribution is 2.31. The molecule has 0 bridgehead atoms. The van der Waals surface area contributed by atoms with Crippen molar-refractivity contribution in [2.75, 3.05) is 32.8 Å². The fraction of sp³-hybridized carbons (Fsp3) is 0.500. The summed E-state index contributed by atoms with van der Waals surface area (Å²) in [6.07, 6.45) is 0.0738. The van der Waals surface area contributed by atoms with Gasteiger partial charge in [0.25, 0.3) is 0 Å². The first-order chi connectivity index (χ1) is 11.9. The van der Waals surface area contributed by atoms with Crippen molar-refractivity contribution in [2.45, 2.75) is 26.0 Å². The van der Waals surface area contributed by atoms with Crippen molar-refractivity contribution in [1.29, 1.82) is 0 Å². The first-order valence-electron chi connectivity index (χ1n) is 8.36. The third-order valence-corrected chi connectivity index (χ3v) is 4.38. The highest BCUT2D eigenvalue weighted by molar-refractivity contribution is 14.0. The third-order valence-electron chi connectivity index (χ3n) is 4.05. The maximum atomic E-state index is 14.5. The van der Waals surface area contributed by atoms with Crippen LogP contribution in [0.2, 0.25) is 5.02 Å². The highest BCUT2D eigenvalue weighted by Gasteiger charge is 2.29. The molecule has 1 aromatic rings. The lowest BCUT2D eigenvalue weighted by Crippen LogP contribution is -2.44. The Balaban J connectivity index is 0.00000338. The summed E-state index contributed by atoms with van der Waals surface area (Å²) >= 11 is 6.29. The third kappa shape index (κ3) is 6.68. The van der Waals surface area contributed by atoms with Gasteiger partial charge in [0.15, 0.2) is 5.96 Å². The maximum absolute atomic E-state index is 14.5. The van der Waals surface area contributed by atoms with Crippen LogP contribution in [0, 0.1) is 5.82 Å². The van der Waals surface area contributed by atoms with Gasteiger partial charge in [0.05, 0.1) is 25.3 Å². The highest BCUT2D eigenvalue weighted by atomic mass is 127. The summed E-state index contributed by atoms with van der Waals surface area (Å²) in [5.41, 5.74) is 7.32. The predicted octanol–water partition coefficient (Wildman–Crippen LogP) is 3.34. The second-order valence-electron chi connectivity index (χ2n) is 6.36. The smallest absolute Gasteiger partial charge is 0.188 e. The Morgan fingerprint density at radius 2 is 2.31 bits per heavy atom. The number of aliphatic imine (C=N–C) groups is 1. The molecule has 146 valence electrons. The number of morpholine rings is 1. The van der Waals surface area contributed by atoms with E-state index in [2.05, 4.69) is 21.8 Å². The molecule has 0 aliphatic carbocycles. The number of hydrogen-bond acceptors (Lipinski definition) is 3. The molecule has 0 aromatic heterocycles. The first-order valence-corrected chi connectivity index (χ1v) is 8.74. The van der Waals surface area contributed by atoms with Crippen molar-refractivity contribution in [3.8, 4) is 0 Å². The van der Waals surface area contributed by atoms with Gasteiger partial charge in [0, 0.05) is 30.2 Å². The van der Waals surface area contributed by atoms with E-state index in [-0.39, 0.29) is 41.9 Å². The quantitative estimate of drug-likeness (QED) is 0.274. The minimum atomic E-state index is -0.333. The molecule has 1 aliphatic heterocycles. The molecule has 1 saturated heterocycles. The van der Waals surface area contributed by atoms with Gasteiger partial charge < -0.3 is 15.8 Å². The van der Waals surface area contributed by atoms with Gasteiger partial charge in [-0.2, -0.15) is 0 Å². The van der Waals surface area contributed by atoms with Gasteiger partial charge in [0.2, 0.25) is 0 Å². The molecule has 2 atom stereocenters. The van der Waals surface area contributed by atoms with E-state index in [1.165, 1.54) is 6.07 Å². The van der Waals surface area contributed by atoms with E-state index in [0.717, 1.165) is 5.57 Å². The molecule has 0 spiro atoms. The number of benzene rings is 1. The minimum Gasteiger partial charge on any atom is -0.376 e. The van der Waals surface area contributed by atoms with Crippen molar-refractivity contribution < 1.29 is 9.13 Å². The molecule has 0 radical (unpaired) electrons. The number of nitrogens with zero attached hydrogens (tertiary/aromatic N) is 2. The molecular formula is C18H27ClFIN4O. The van der Waals surface area contributed by atoms with E-state index in [1.54, 1.807) is 12.1 Å². The van der Waals surface area contributed by atoms with Crippen molar-refractivity contribution in [3.05, 3.63) is 46.8 Å². The number of nitrogens with two attached hydrogens (primary N) is 1. The summed E-state index contributed by atoms with van der Waals surface area (Å²) < 4.78 is 20.1. The van der Waals surface area contributed by atoms with Crippen LogP contribution in [0.25, 0.3) is 0 Å². The zero-order valence-electron chi connectivity index (χ0n) is 15.2. The molecule has 5 nitrogen and oxygen atoms in total. The topological polar surface area (TPSA) is 62.9 Å². The van der Waals surface area contributed by atoms with Gasteiger partial charge in [-0.25, -0.2) is 4.39 Å². The first kappa shape index (κ1) is 23.1. The number of rotatable bonds is 6. The normalized spacial score (nSPS) is 19.5. The molecule has 0 amide bonds. The Bertz CT molecular complexity index is 623. The summed E-state index contributed by atoms with van der Waals surface area (Å²) in [5.74, 6) is -0.0259. The largest absolute Gasteiger partial charge is 0.376 e. The zero-order valence-corrected chi connectivity index (χ0v) is 18.3. The monoisotopic (exact) mass is 496 g/mol. The zero-order chi connectivity index (χ0) is 18.4. The van der Waals surface area contributed by atoms with Crippen LogP contribution in [0.1, 0.15) is 25.5 Å². The van der Waals surface area contributed by atoms with Crippen LogP contribution in [-0.4, -0.2) is 49.7 Å². The Kier molecular flexibility index (Phi) is 9.84. The summed E-state index contributed by atoms with van der Waals surface area (Å²) in [6.45, 7) is 10.5. The van der Waals surface area contributed by atoms with Crippen LogP contribution in [0.5, 0.6) is 0 Å². The van der Waals surface area contributed by atoms with E-state index in [1.807, 2.05) is 13.8 Å². The van der Waals surface area contributed by atoms with Crippen LogP contribution < -0.4 is 11.1 Å². The molecule has 1 fully saturated rings. The predicted molar refractivity (Wildman–Crippen MR) is 116 cm³/mol.